The molecule has 0 unspecified atom stereocenters. The van der Waals surface area contributed by atoms with Crippen molar-refractivity contribution < 1.29 is 26.6 Å². The highest BCUT2D eigenvalue weighted by molar-refractivity contribution is 7.92. The number of aliphatic imine (C=N–C) groups is 1. The maximum Gasteiger partial charge on any atom is 0.408 e. The van der Waals surface area contributed by atoms with Crippen molar-refractivity contribution in [1.82, 2.24) is 14.3 Å². The number of carbonyl (C=O) groups excluding carboxylic acids is 1. The topological polar surface area (TPSA) is 150 Å². The summed E-state index contributed by atoms with van der Waals surface area (Å²) in [6.45, 7) is -0.391. The van der Waals surface area contributed by atoms with E-state index < -0.39 is 57.3 Å². The number of nitrogens with one attached hydrogen (secondary N) is 1. The predicted octanol–water partition coefficient (Wildman–Crippen LogP) is 2.16. The number of anilines is 1. The lowest BCUT2D eigenvalue weighted by Gasteiger charge is -2.36. The molecule has 3 heterocycles. The maximum absolute atomic E-state index is 14.7. The van der Waals surface area contributed by atoms with Crippen LogP contribution in [0.4, 0.5) is 23.4 Å². The van der Waals surface area contributed by atoms with Crippen LogP contribution >= 0.6 is 0 Å². The summed E-state index contributed by atoms with van der Waals surface area (Å²) in [6.07, 6.45) is -3.52. The van der Waals surface area contributed by atoms with Crippen LogP contribution < -0.4 is 11.1 Å². The zero-order valence-electron chi connectivity index (χ0n) is 17.8. The van der Waals surface area contributed by atoms with Gasteiger partial charge in [0.25, 0.3) is 5.91 Å². The van der Waals surface area contributed by atoms with Crippen LogP contribution in [0.5, 0.6) is 0 Å². The lowest BCUT2D eigenvalue weighted by atomic mass is 10.00. The van der Waals surface area contributed by atoms with Crippen molar-refractivity contribution >= 4 is 27.6 Å². The molecule has 0 saturated carbocycles. The Hall–Kier alpha value is -3.80. The molecule has 0 saturated heterocycles. The maximum atomic E-state index is 14.7. The van der Waals surface area contributed by atoms with Crippen LogP contribution in [0.3, 0.4) is 0 Å². The van der Waals surface area contributed by atoms with Gasteiger partial charge in [0.2, 0.25) is 5.96 Å². The fourth-order valence-corrected chi connectivity index (χ4v) is 5.13. The summed E-state index contributed by atoms with van der Waals surface area (Å²) in [5.41, 5.74) is 3.82. The van der Waals surface area contributed by atoms with E-state index in [1.54, 1.807) is 0 Å². The second kappa shape index (κ2) is 8.86. The normalized spacial score (nSPS) is 22.5. The number of hydrogen-bond acceptors (Lipinski definition) is 8. The van der Waals surface area contributed by atoms with Crippen molar-refractivity contribution in [3.05, 3.63) is 53.2 Å². The number of guanidine groups is 1. The van der Waals surface area contributed by atoms with E-state index in [1.165, 1.54) is 32.3 Å². The highest BCUT2D eigenvalue weighted by Crippen LogP contribution is 2.34. The Balaban J connectivity index is 1.97. The molecule has 1 aliphatic rings. The average Bonchev–Trinajstić information content (AvgIpc) is 2.77. The number of nitriles is 1. The molecule has 15 heteroatoms. The Kier molecular flexibility index (Phi) is 6.47. The monoisotopic (exact) mass is 498 g/mol. The van der Waals surface area contributed by atoms with Gasteiger partial charge in [-0.25, -0.2) is 27.9 Å². The minimum Gasteiger partial charge on any atom is -0.369 e. The number of amides is 1. The molecule has 3 rings (SSSR count). The quantitative estimate of drug-likeness (QED) is 0.617. The highest BCUT2D eigenvalue weighted by atomic mass is 32.2. The molecule has 0 aliphatic carbocycles. The lowest BCUT2D eigenvalue weighted by Crippen LogP contribution is -2.51. The zero-order chi connectivity index (χ0) is 25.3. The third kappa shape index (κ3) is 5.22. The van der Waals surface area contributed by atoms with Crippen LogP contribution in [0, 0.1) is 17.1 Å². The summed E-state index contributed by atoms with van der Waals surface area (Å²) in [5.74, 6) is -2.79. The first-order valence-corrected chi connectivity index (χ1v) is 11.1. The largest absolute Gasteiger partial charge is 0.408 e. The molecule has 0 bridgehead atoms. The predicted molar refractivity (Wildman–Crippen MR) is 114 cm³/mol. The molecule has 1 aliphatic heterocycles. The van der Waals surface area contributed by atoms with E-state index in [4.69, 9.17) is 11.0 Å². The standard InChI is InChI=1S/C19H18F4N8O2S/c1-18(10-34(33,27-9-19(21,22)23)31(2)17(25)30-18)15-12(20)4-6-14(28-15)29-16(32)13-5-3-11(7-24)8-26-13/h3-6,8H,9-10H2,1-2H3,(H2,25,30)(H,28,29,32)/t18-,34+/m0/s1. The minimum absolute atomic E-state index is 0.0478. The van der Waals surface area contributed by atoms with Gasteiger partial charge in [0.15, 0.2) is 0 Å². The first kappa shape index (κ1) is 24.8. The van der Waals surface area contributed by atoms with Gasteiger partial charge < -0.3 is 11.1 Å². The SMILES string of the molecule is CN1C(N)=N[C@](C)(c2nc(NC(=O)c3ccc(C#N)cn3)ccc2F)C[S@@]1(=O)=NCC(F)(F)F. The van der Waals surface area contributed by atoms with Gasteiger partial charge in [-0.05, 0) is 31.2 Å². The molecular weight excluding hydrogens is 480 g/mol. The minimum atomic E-state index is -4.71. The fraction of sp³-hybridized carbons (Fsp3) is 0.316. The number of pyridine rings is 2. The van der Waals surface area contributed by atoms with E-state index in [9.17, 15) is 26.6 Å². The first-order chi connectivity index (χ1) is 15.8. The highest BCUT2D eigenvalue weighted by Gasteiger charge is 2.42. The van der Waals surface area contributed by atoms with Crippen molar-refractivity contribution in [1.29, 1.82) is 5.26 Å². The molecule has 0 spiro atoms. The smallest absolute Gasteiger partial charge is 0.369 e. The van der Waals surface area contributed by atoms with Gasteiger partial charge in [-0.3, -0.25) is 9.10 Å². The summed E-state index contributed by atoms with van der Waals surface area (Å²) in [4.78, 5) is 24.4. The average molecular weight is 498 g/mol. The lowest BCUT2D eigenvalue weighted by molar-refractivity contribution is -0.117. The molecule has 0 radical (unpaired) electrons. The van der Waals surface area contributed by atoms with Gasteiger partial charge in [-0.1, -0.05) is 0 Å². The molecule has 34 heavy (non-hydrogen) atoms. The van der Waals surface area contributed by atoms with Gasteiger partial charge in [-0.15, -0.1) is 0 Å². The second-order valence-electron chi connectivity index (χ2n) is 7.42. The molecule has 1 amide bonds. The zero-order valence-corrected chi connectivity index (χ0v) is 18.6. The molecular formula is C19H18F4N8O2S. The Labute approximate surface area is 191 Å². The molecule has 2 atom stereocenters. The molecule has 0 aromatic carbocycles. The van der Waals surface area contributed by atoms with Crippen molar-refractivity contribution in [2.45, 2.75) is 18.6 Å². The first-order valence-electron chi connectivity index (χ1n) is 9.47. The van der Waals surface area contributed by atoms with Crippen LogP contribution in [0.2, 0.25) is 0 Å². The third-order valence-corrected chi connectivity index (χ3v) is 7.26. The number of nitrogens with two attached hydrogens (primary N) is 1. The summed E-state index contributed by atoms with van der Waals surface area (Å²) in [6, 6.07) is 6.66. The molecule has 3 N–H and O–H groups in total. The summed E-state index contributed by atoms with van der Waals surface area (Å²) < 4.78 is 70.2. The number of aromatic nitrogens is 2. The molecule has 2 aromatic heterocycles. The Morgan fingerprint density at radius 2 is 2.09 bits per heavy atom. The second-order valence-corrected chi connectivity index (χ2v) is 9.73. The number of carbonyl (C=O) groups is 1. The number of alkyl halides is 3. The molecule has 10 nitrogen and oxygen atoms in total. The van der Waals surface area contributed by atoms with Crippen molar-refractivity contribution in [2.75, 3.05) is 24.7 Å². The van der Waals surface area contributed by atoms with Crippen LogP contribution in [0.25, 0.3) is 0 Å². The number of nitrogens with zero attached hydrogens (tertiary/aromatic N) is 6. The van der Waals surface area contributed by atoms with Crippen molar-refractivity contribution in [3.63, 3.8) is 0 Å². The van der Waals surface area contributed by atoms with E-state index in [2.05, 4.69) is 24.6 Å². The van der Waals surface area contributed by atoms with Gasteiger partial charge in [0, 0.05) is 13.2 Å². The number of halogens is 4. The Morgan fingerprint density at radius 3 is 2.68 bits per heavy atom. The summed E-state index contributed by atoms with van der Waals surface area (Å²) in [5, 5.41) is 11.2. The fourth-order valence-electron chi connectivity index (χ4n) is 3.06. The van der Waals surface area contributed by atoms with Crippen LogP contribution in [0.15, 0.2) is 39.8 Å². The summed E-state index contributed by atoms with van der Waals surface area (Å²) in [7, 11) is -2.58. The van der Waals surface area contributed by atoms with E-state index in [-0.39, 0.29) is 17.1 Å². The molecule has 180 valence electrons. The van der Waals surface area contributed by atoms with Crippen molar-refractivity contribution in [3.8, 4) is 6.07 Å². The van der Waals surface area contributed by atoms with Crippen LogP contribution in [-0.4, -0.2) is 55.9 Å². The third-order valence-electron chi connectivity index (χ3n) is 4.75. The number of rotatable bonds is 4. The molecule has 2 aromatic rings. The van der Waals surface area contributed by atoms with Crippen LogP contribution in [-0.2, 0) is 15.5 Å². The molecule has 0 fully saturated rings. The van der Waals surface area contributed by atoms with Gasteiger partial charge in [-0.2, -0.15) is 18.4 Å². The van der Waals surface area contributed by atoms with E-state index in [0.717, 1.165) is 16.4 Å². The Morgan fingerprint density at radius 1 is 1.38 bits per heavy atom. The van der Waals surface area contributed by atoms with Gasteiger partial charge in [0.1, 0.15) is 51.1 Å². The van der Waals surface area contributed by atoms with Crippen molar-refractivity contribution in [2.24, 2.45) is 15.1 Å². The summed E-state index contributed by atoms with van der Waals surface area (Å²) >= 11 is 0. The van der Waals surface area contributed by atoms with Gasteiger partial charge >= 0.3 is 6.18 Å². The van der Waals surface area contributed by atoms with Gasteiger partial charge in [0.05, 0.1) is 11.3 Å². The van der Waals surface area contributed by atoms with E-state index in [1.807, 2.05) is 6.07 Å². The Bertz CT molecular complexity index is 1310. The van der Waals surface area contributed by atoms with Crippen LogP contribution in [0.1, 0.15) is 28.7 Å². The number of hydrogen-bond donors (Lipinski definition) is 2. The van der Waals surface area contributed by atoms with E-state index >= 15 is 0 Å². The van der Waals surface area contributed by atoms with E-state index in [0.29, 0.717) is 0 Å².